The van der Waals surface area contributed by atoms with Gasteiger partial charge in [0, 0.05) is 0 Å². The Morgan fingerprint density at radius 2 is 0.900 bits per heavy atom. The van der Waals surface area contributed by atoms with E-state index >= 15 is 0 Å². The second-order valence-electron chi connectivity index (χ2n) is 10.7. The number of amides is 1. The summed E-state index contributed by atoms with van der Waals surface area (Å²) in [7, 11) is 0. The van der Waals surface area contributed by atoms with Crippen LogP contribution in [0.1, 0.15) is 41.4 Å². The van der Waals surface area contributed by atoms with Crippen LogP contribution in [0.15, 0.2) is 121 Å². The highest BCUT2D eigenvalue weighted by Gasteiger charge is 2.54. The molecular weight excluding hydrogens is 713 g/mol. The third-order valence-corrected chi connectivity index (χ3v) is 7.83. The first-order valence-corrected chi connectivity index (χ1v) is 16.2. The lowest BCUT2D eigenvalue weighted by molar-refractivity contribution is -0.235. The first kappa shape index (κ1) is 36.3. The fraction of sp³-hybridized carbons (Fsp3) is 0.194. The molecule has 1 unspecified atom stereocenters. The van der Waals surface area contributed by atoms with E-state index in [-0.39, 0.29) is 22.3 Å². The maximum absolute atomic E-state index is 13.6. The van der Waals surface area contributed by atoms with Gasteiger partial charge in [-0.25, -0.2) is 19.2 Å². The van der Waals surface area contributed by atoms with E-state index in [0.29, 0.717) is 0 Å². The molecule has 1 fully saturated rings. The lowest BCUT2D eigenvalue weighted by Crippen LogP contribution is -2.67. The zero-order valence-electron chi connectivity index (χ0n) is 25.9. The molecule has 50 heavy (non-hydrogen) atoms. The van der Waals surface area contributed by atoms with Gasteiger partial charge in [0.25, 0.3) is 9.70 Å². The molecule has 4 aromatic carbocycles. The Kier molecular flexibility index (Phi) is 12.1. The highest BCUT2D eigenvalue weighted by molar-refractivity contribution is 6.76. The normalized spacial score (nSPS) is 20.1. The molecule has 0 spiro atoms. The number of carbonyl (C=O) groups is 5. The molecule has 11 nitrogen and oxygen atoms in total. The van der Waals surface area contributed by atoms with Crippen LogP contribution in [0.25, 0.3) is 0 Å². The second kappa shape index (κ2) is 16.6. The summed E-state index contributed by atoms with van der Waals surface area (Å²) in [6.07, 6.45) is -8.17. The van der Waals surface area contributed by atoms with Crippen LogP contribution in [0.5, 0.6) is 0 Å². The maximum Gasteiger partial charge on any atom is 0.338 e. The first-order chi connectivity index (χ1) is 24.0. The van der Waals surface area contributed by atoms with Crippen LogP contribution in [0.3, 0.4) is 0 Å². The predicted octanol–water partition coefficient (Wildman–Crippen LogP) is 5.73. The van der Waals surface area contributed by atoms with Crippen LogP contribution in [-0.2, 0) is 28.5 Å². The molecule has 4 aromatic rings. The van der Waals surface area contributed by atoms with E-state index < -0.39 is 70.8 Å². The Hall–Kier alpha value is -4.94. The molecule has 0 aliphatic carbocycles. The summed E-state index contributed by atoms with van der Waals surface area (Å²) in [6.45, 7) is -0.598. The number of hydrogen-bond donors (Lipinski definition) is 1. The summed E-state index contributed by atoms with van der Waals surface area (Å²) in [6, 6.07) is 31.5. The van der Waals surface area contributed by atoms with Gasteiger partial charge in [0.1, 0.15) is 12.7 Å². The summed E-state index contributed by atoms with van der Waals surface area (Å²) in [5.74, 6) is -4.67. The molecule has 0 aromatic heterocycles. The quantitative estimate of drug-likeness (QED) is 0.122. The lowest BCUT2D eigenvalue weighted by atomic mass is 9.96. The van der Waals surface area contributed by atoms with Gasteiger partial charge in [-0.3, -0.25) is 4.79 Å². The molecular formula is C36H28Cl3NO10. The summed E-state index contributed by atoms with van der Waals surface area (Å²) in [4.78, 5) is 66.5. The van der Waals surface area contributed by atoms with Crippen LogP contribution in [0.2, 0.25) is 0 Å². The van der Waals surface area contributed by atoms with Gasteiger partial charge in [-0.2, -0.15) is 0 Å². The maximum atomic E-state index is 13.6. The standard InChI is InChI=1S/C36H28Cl3NO10/c37-36(38,39)35(45)40-30-29(50-34(44)25-19-11-4-12-20-25)28(49-33(43)24-17-9-3-10-18-24)27(48-32(42)23-15-7-2-8-16-23)26(47-30)21-46-31(41)22-13-5-1-6-14-22/h1-20,26-30H,21H2,(H,40,45)/t26-,27-,28+,29+,30?/m1/s1. The zero-order valence-corrected chi connectivity index (χ0v) is 28.1. The predicted molar refractivity (Wildman–Crippen MR) is 181 cm³/mol. The van der Waals surface area contributed by atoms with Crippen molar-refractivity contribution in [2.24, 2.45) is 0 Å². The lowest BCUT2D eigenvalue weighted by Gasteiger charge is -2.44. The highest BCUT2D eigenvalue weighted by atomic mass is 35.6. The number of ether oxygens (including phenoxy) is 5. The minimum absolute atomic E-state index is 0.0869. The SMILES string of the molecule is O=C(OC[C@H]1OC(NC(=O)C(Cl)(Cl)Cl)[C@@H](OC(=O)c2ccccc2)[C@@H](OC(=O)c2ccccc2)[C@@H]1OC(=O)c1ccccc1)c1ccccc1. The van der Waals surface area contributed by atoms with Crippen LogP contribution >= 0.6 is 34.8 Å². The van der Waals surface area contributed by atoms with Gasteiger partial charge in [0.15, 0.2) is 24.5 Å². The molecule has 5 rings (SSSR count). The Labute approximate surface area is 301 Å². The van der Waals surface area contributed by atoms with E-state index in [1.807, 2.05) is 0 Å². The Morgan fingerprint density at radius 3 is 1.30 bits per heavy atom. The molecule has 0 bridgehead atoms. The smallest absolute Gasteiger partial charge is 0.338 e. The van der Waals surface area contributed by atoms with Gasteiger partial charge in [-0.1, -0.05) is 108 Å². The minimum Gasteiger partial charge on any atom is -0.459 e. The number of rotatable bonds is 10. The third kappa shape index (κ3) is 9.39. The van der Waals surface area contributed by atoms with Crippen molar-refractivity contribution < 1.29 is 47.7 Å². The molecule has 1 heterocycles. The molecule has 0 saturated carbocycles. The number of esters is 4. The average molecular weight is 741 g/mol. The zero-order chi connectivity index (χ0) is 35.7. The molecule has 14 heteroatoms. The van der Waals surface area contributed by atoms with Gasteiger partial charge >= 0.3 is 23.9 Å². The molecule has 1 saturated heterocycles. The molecule has 5 atom stereocenters. The van der Waals surface area contributed by atoms with Crippen molar-refractivity contribution in [2.75, 3.05) is 6.61 Å². The fourth-order valence-corrected chi connectivity index (χ4v) is 5.06. The van der Waals surface area contributed by atoms with E-state index in [2.05, 4.69) is 5.32 Å². The summed E-state index contributed by atoms with van der Waals surface area (Å²) in [5.41, 5.74) is 0.493. The van der Waals surface area contributed by atoms with Crippen LogP contribution in [0, 0.1) is 0 Å². The number of benzene rings is 4. The summed E-state index contributed by atoms with van der Waals surface area (Å²) >= 11 is 17.6. The fourth-order valence-electron chi connectivity index (χ4n) is 4.89. The molecule has 1 amide bonds. The van der Waals surface area contributed by atoms with Crippen LogP contribution in [0.4, 0.5) is 0 Å². The molecule has 0 radical (unpaired) electrons. The van der Waals surface area contributed by atoms with Crippen molar-refractivity contribution in [3.8, 4) is 0 Å². The van der Waals surface area contributed by atoms with Gasteiger partial charge in [0.05, 0.1) is 22.3 Å². The monoisotopic (exact) mass is 739 g/mol. The van der Waals surface area contributed by atoms with Crippen molar-refractivity contribution in [1.82, 2.24) is 5.32 Å². The molecule has 1 aliphatic rings. The van der Waals surface area contributed by atoms with E-state index in [1.165, 1.54) is 48.5 Å². The number of halogens is 3. The van der Waals surface area contributed by atoms with Crippen molar-refractivity contribution in [3.63, 3.8) is 0 Å². The Bertz CT molecular complexity index is 1790. The Morgan fingerprint density at radius 1 is 0.540 bits per heavy atom. The van der Waals surface area contributed by atoms with E-state index in [1.54, 1.807) is 72.8 Å². The number of nitrogens with one attached hydrogen (secondary N) is 1. The van der Waals surface area contributed by atoms with Gasteiger partial charge in [-0.15, -0.1) is 0 Å². The van der Waals surface area contributed by atoms with Gasteiger partial charge in [-0.05, 0) is 48.5 Å². The molecule has 1 N–H and O–H groups in total. The summed E-state index contributed by atoms with van der Waals surface area (Å²) < 4.78 is 26.8. The topological polar surface area (TPSA) is 144 Å². The minimum atomic E-state index is -2.51. The van der Waals surface area contributed by atoms with Crippen LogP contribution < -0.4 is 5.32 Å². The van der Waals surface area contributed by atoms with Crippen LogP contribution in [-0.4, -0.2) is 70.8 Å². The van der Waals surface area contributed by atoms with Crippen molar-refractivity contribution in [2.45, 2.75) is 34.4 Å². The summed E-state index contributed by atoms with van der Waals surface area (Å²) in [5, 5.41) is 2.36. The molecule has 258 valence electrons. The van der Waals surface area contributed by atoms with Gasteiger partial charge in [0.2, 0.25) is 0 Å². The number of alkyl halides is 3. The largest absolute Gasteiger partial charge is 0.459 e. The van der Waals surface area contributed by atoms with E-state index in [9.17, 15) is 24.0 Å². The Balaban J connectivity index is 1.58. The van der Waals surface area contributed by atoms with Crippen molar-refractivity contribution >= 4 is 64.6 Å². The first-order valence-electron chi connectivity index (χ1n) is 15.0. The van der Waals surface area contributed by atoms with Crippen molar-refractivity contribution in [3.05, 3.63) is 144 Å². The molecule has 1 aliphatic heterocycles. The van der Waals surface area contributed by atoms with Gasteiger partial charge < -0.3 is 29.0 Å². The number of hydrogen-bond acceptors (Lipinski definition) is 10. The highest BCUT2D eigenvalue weighted by Crippen LogP contribution is 2.32. The second-order valence-corrected chi connectivity index (χ2v) is 13.0. The average Bonchev–Trinajstić information content (AvgIpc) is 3.13. The van der Waals surface area contributed by atoms with E-state index in [4.69, 9.17) is 58.5 Å². The number of carbonyl (C=O) groups excluding carboxylic acids is 5. The third-order valence-electron chi connectivity index (χ3n) is 7.31. The van der Waals surface area contributed by atoms with E-state index in [0.717, 1.165) is 0 Å². The van der Waals surface area contributed by atoms with Crippen molar-refractivity contribution in [1.29, 1.82) is 0 Å².